The molecule has 0 spiro atoms. The lowest BCUT2D eigenvalue weighted by Gasteiger charge is -2.29. The Bertz CT molecular complexity index is 1160. The van der Waals surface area contributed by atoms with E-state index in [-0.39, 0.29) is 22.4 Å². The number of fused-ring (bicyclic) bond motifs is 1. The molecular weight excluding hydrogens is 432 g/mol. The maximum Gasteiger partial charge on any atom is 0.254 e. The van der Waals surface area contributed by atoms with Gasteiger partial charge in [-0.1, -0.05) is 11.6 Å². The third-order valence-corrected chi connectivity index (χ3v) is 6.33. The van der Waals surface area contributed by atoms with Gasteiger partial charge < -0.3 is 24.7 Å². The Balaban J connectivity index is 1.37. The number of ether oxygens (including phenoxy) is 1. The Morgan fingerprint density at radius 3 is 2.56 bits per heavy atom. The van der Waals surface area contributed by atoms with E-state index in [0.29, 0.717) is 49.5 Å². The molecule has 3 heterocycles. The van der Waals surface area contributed by atoms with Crippen molar-refractivity contribution in [3.05, 3.63) is 58.2 Å². The van der Waals surface area contributed by atoms with Gasteiger partial charge >= 0.3 is 0 Å². The van der Waals surface area contributed by atoms with E-state index in [4.69, 9.17) is 16.3 Å². The molecule has 2 aliphatic heterocycles. The molecule has 3 N–H and O–H groups in total. The van der Waals surface area contributed by atoms with Crippen LogP contribution in [0.1, 0.15) is 21.6 Å². The standard InChI is InChI=1S/C23H23ClN4O4/c24-18-11-16(20(29)12-21(18)30)22-17-13-28(6-5-19(17)25-26-22)23(31)14-1-3-15(4-2-14)27-7-9-32-10-8-27/h1-4,11-12,29-30H,5-10,13H2,(H,25,26). The lowest BCUT2D eigenvalue weighted by Crippen LogP contribution is -2.37. The van der Waals surface area contributed by atoms with Gasteiger partial charge in [0.25, 0.3) is 5.91 Å². The Kier molecular flexibility index (Phi) is 5.40. The molecule has 1 amide bonds. The van der Waals surface area contributed by atoms with Crippen molar-refractivity contribution >= 4 is 23.2 Å². The van der Waals surface area contributed by atoms with Gasteiger partial charge in [-0.15, -0.1) is 0 Å². The molecule has 32 heavy (non-hydrogen) atoms. The van der Waals surface area contributed by atoms with E-state index in [0.717, 1.165) is 30.0 Å². The molecule has 1 aromatic heterocycles. The number of aromatic amines is 1. The maximum absolute atomic E-state index is 13.2. The molecule has 0 bridgehead atoms. The zero-order valence-electron chi connectivity index (χ0n) is 17.3. The first-order valence-corrected chi connectivity index (χ1v) is 10.9. The number of carbonyl (C=O) groups excluding carboxylic acids is 1. The van der Waals surface area contributed by atoms with Crippen LogP contribution < -0.4 is 4.90 Å². The van der Waals surface area contributed by atoms with Crippen molar-refractivity contribution in [3.63, 3.8) is 0 Å². The number of hydrogen-bond acceptors (Lipinski definition) is 6. The van der Waals surface area contributed by atoms with Crippen LogP contribution in [-0.4, -0.2) is 64.1 Å². The highest BCUT2D eigenvalue weighted by molar-refractivity contribution is 6.32. The van der Waals surface area contributed by atoms with E-state index in [1.165, 1.54) is 12.1 Å². The van der Waals surface area contributed by atoms with E-state index in [9.17, 15) is 15.0 Å². The molecule has 5 rings (SSSR count). The van der Waals surface area contributed by atoms with Crippen molar-refractivity contribution in [2.24, 2.45) is 0 Å². The number of carbonyl (C=O) groups is 1. The highest BCUT2D eigenvalue weighted by atomic mass is 35.5. The first-order chi connectivity index (χ1) is 15.5. The summed E-state index contributed by atoms with van der Waals surface area (Å²) in [6.07, 6.45) is 0.631. The number of nitrogens with zero attached hydrogens (tertiary/aromatic N) is 3. The monoisotopic (exact) mass is 454 g/mol. The number of hydrogen-bond donors (Lipinski definition) is 3. The Labute approximate surface area is 190 Å². The summed E-state index contributed by atoms with van der Waals surface area (Å²) in [5.41, 5.74) is 4.42. The molecule has 0 atom stereocenters. The van der Waals surface area contributed by atoms with Gasteiger partial charge in [0.2, 0.25) is 0 Å². The number of nitrogens with one attached hydrogen (secondary N) is 1. The summed E-state index contributed by atoms with van der Waals surface area (Å²) in [6.45, 7) is 4.06. The van der Waals surface area contributed by atoms with Crippen molar-refractivity contribution in [2.75, 3.05) is 37.7 Å². The fraction of sp³-hybridized carbons (Fsp3) is 0.304. The summed E-state index contributed by atoms with van der Waals surface area (Å²) in [5.74, 6) is -0.373. The summed E-state index contributed by atoms with van der Waals surface area (Å²) >= 11 is 6.04. The van der Waals surface area contributed by atoms with Crippen LogP contribution in [-0.2, 0) is 17.7 Å². The zero-order valence-corrected chi connectivity index (χ0v) is 18.1. The van der Waals surface area contributed by atoms with Gasteiger partial charge in [0.05, 0.1) is 18.2 Å². The highest BCUT2D eigenvalue weighted by Gasteiger charge is 2.28. The van der Waals surface area contributed by atoms with E-state index in [2.05, 4.69) is 15.1 Å². The molecule has 2 aromatic carbocycles. The third-order valence-electron chi connectivity index (χ3n) is 6.03. The minimum atomic E-state index is -0.199. The van der Waals surface area contributed by atoms with Crippen molar-refractivity contribution < 1.29 is 19.7 Å². The van der Waals surface area contributed by atoms with Crippen LogP contribution >= 0.6 is 11.6 Å². The van der Waals surface area contributed by atoms with Gasteiger partial charge in [-0.2, -0.15) is 5.10 Å². The molecular formula is C23H23ClN4O4. The van der Waals surface area contributed by atoms with E-state index < -0.39 is 0 Å². The SMILES string of the molecule is O=C(c1ccc(N2CCOCC2)cc1)N1CCc2[nH]nc(-c3cc(Cl)c(O)cc3O)c2C1. The number of aromatic nitrogens is 2. The second kappa shape index (κ2) is 8.37. The number of benzene rings is 2. The van der Waals surface area contributed by atoms with Gasteiger partial charge in [0, 0.05) is 66.7 Å². The van der Waals surface area contributed by atoms with Crippen LogP contribution in [0.25, 0.3) is 11.3 Å². The number of phenolic OH excluding ortho intramolecular Hbond substituents is 2. The van der Waals surface area contributed by atoms with E-state index >= 15 is 0 Å². The lowest BCUT2D eigenvalue weighted by molar-refractivity contribution is 0.0734. The molecule has 0 aliphatic carbocycles. The fourth-order valence-electron chi connectivity index (χ4n) is 4.25. The third kappa shape index (κ3) is 3.76. The molecule has 9 heteroatoms. The quantitative estimate of drug-likeness (QED) is 0.562. The second-order valence-electron chi connectivity index (χ2n) is 7.97. The molecule has 2 aliphatic rings. The molecule has 1 saturated heterocycles. The maximum atomic E-state index is 13.2. The molecule has 8 nitrogen and oxygen atoms in total. The van der Waals surface area contributed by atoms with Crippen LogP contribution in [0.4, 0.5) is 5.69 Å². The number of morpholine rings is 1. The lowest BCUT2D eigenvalue weighted by atomic mass is 9.99. The highest BCUT2D eigenvalue weighted by Crippen LogP contribution is 2.39. The Morgan fingerprint density at radius 2 is 1.81 bits per heavy atom. The average molecular weight is 455 g/mol. The number of aromatic hydroxyl groups is 2. The van der Waals surface area contributed by atoms with Crippen molar-refractivity contribution in [1.82, 2.24) is 15.1 Å². The fourth-order valence-corrected chi connectivity index (χ4v) is 4.41. The van der Waals surface area contributed by atoms with Gasteiger partial charge in [-0.05, 0) is 30.3 Å². The van der Waals surface area contributed by atoms with Crippen molar-refractivity contribution in [2.45, 2.75) is 13.0 Å². The number of rotatable bonds is 3. The van der Waals surface area contributed by atoms with Crippen LogP contribution in [0.15, 0.2) is 36.4 Å². The summed E-state index contributed by atoms with van der Waals surface area (Å²) in [6, 6.07) is 10.4. The number of halogens is 1. The van der Waals surface area contributed by atoms with Crippen LogP contribution in [0, 0.1) is 0 Å². The van der Waals surface area contributed by atoms with Gasteiger partial charge in [-0.3, -0.25) is 9.89 Å². The van der Waals surface area contributed by atoms with E-state index in [1.807, 2.05) is 24.3 Å². The van der Waals surface area contributed by atoms with Gasteiger partial charge in [0.15, 0.2) is 0 Å². The molecule has 1 fully saturated rings. The van der Waals surface area contributed by atoms with Crippen LogP contribution in [0.3, 0.4) is 0 Å². The topological polar surface area (TPSA) is 102 Å². The Morgan fingerprint density at radius 1 is 1.06 bits per heavy atom. The average Bonchev–Trinajstić information content (AvgIpc) is 3.24. The summed E-state index contributed by atoms with van der Waals surface area (Å²) in [4.78, 5) is 17.2. The number of phenols is 2. The van der Waals surface area contributed by atoms with Crippen molar-refractivity contribution in [3.8, 4) is 22.8 Å². The number of amides is 1. The molecule has 166 valence electrons. The van der Waals surface area contributed by atoms with Gasteiger partial charge in [-0.25, -0.2) is 0 Å². The van der Waals surface area contributed by atoms with Crippen LogP contribution in [0.5, 0.6) is 11.5 Å². The Hall–Kier alpha value is -3.23. The molecule has 3 aromatic rings. The zero-order chi connectivity index (χ0) is 22.2. The molecule has 0 unspecified atom stereocenters. The van der Waals surface area contributed by atoms with Crippen molar-refractivity contribution in [1.29, 1.82) is 0 Å². The first kappa shape index (κ1) is 20.7. The largest absolute Gasteiger partial charge is 0.507 e. The predicted molar refractivity (Wildman–Crippen MR) is 120 cm³/mol. The summed E-state index contributed by atoms with van der Waals surface area (Å²) in [7, 11) is 0. The summed E-state index contributed by atoms with van der Waals surface area (Å²) < 4.78 is 5.40. The van der Waals surface area contributed by atoms with E-state index in [1.54, 1.807) is 4.90 Å². The molecule has 0 saturated carbocycles. The number of anilines is 1. The second-order valence-corrected chi connectivity index (χ2v) is 8.38. The normalized spacial score (nSPS) is 16.2. The minimum absolute atomic E-state index is 0.0516. The van der Waals surface area contributed by atoms with Crippen LogP contribution in [0.2, 0.25) is 5.02 Å². The van der Waals surface area contributed by atoms with Gasteiger partial charge in [0.1, 0.15) is 17.2 Å². The summed E-state index contributed by atoms with van der Waals surface area (Å²) in [5, 5.41) is 27.5. The smallest absolute Gasteiger partial charge is 0.254 e. The minimum Gasteiger partial charge on any atom is -0.507 e. The first-order valence-electron chi connectivity index (χ1n) is 10.5. The number of H-pyrrole nitrogens is 1. The predicted octanol–water partition coefficient (Wildman–Crippen LogP) is 3.18. The molecule has 0 radical (unpaired) electrons.